The average Bonchev–Trinajstić information content (AvgIpc) is 2.73. The van der Waals surface area contributed by atoms with Gasteiger partial charge in [-0.1, -0.05) is 24.3 Å². The molecule has 2 aromatic carbocycles. The van der Waals surface area contributed by atoms with E-state index in [4.69, 9.17) is 9.47 Å². The molecule has 0 aromatic heterocycles. The van der Waals surface area contributed by atoms with Crippen molar-refractivity contribution in [2.75, 3.05) is 26.3 Å². The Balaban J connectivity index is 1.61. The van der Waals surface area contributed by atoms with Crippen molar-refractivity contribution in [3.8, 4) is 5.75 Å². The second kappa shape index (κ2) is 8.26. The van der Waals surface area contributed by atoms with Gasteiger partial charge in [0.1, 0.15) is 11.4 Å². The largest absolute Gasteiger partial charge is 0.487 e. The number of nitrogens with zero attached hydrogens (tertiary/aromatic N) is 1. The molecule has 1 atom stereocenters. The van der Waals surface area contributed by atoms with E-state index in [-0.39, 0.29) is 16.8 Å². The van der Waals surface area contributed by atoms with Crippen LogP contribution in [0, 0.1) is 6.92 Å². The number of ether oxygens (including phenoxy) is 2. The molecule has 1 saturated heterocycles. The Morgan fingerprint density at radius 1 is 1.13 bits per heavy atom. The number of para-hydroxylation sites is 1. The number of carbonyl (C=O) groups excluding carboxylic acids is 1. The van der Waals surface area contributed by atoms with Gasteiger partial charge >= 0.3 is 0 Å². The summed E-state index contributed by atoms with van der Waals surface area (Å²) in [7, 11) is -3.70. The van der Waals surface area contributed by atoms with Gasteiger partial charge in [0, 0.05) is 30.6 Å². The number of hydrogen-bond acceptors (Lipinski definition) is 5. The third kappa shape index (κ3) is 4.46. The predicted octanol–water partition coefficient (Wildman–Crippen LogP) is 3.05. The van der Waals surface area contributed by atoms with Crippen LogP contribution in [0.1, 0.15) is 47.8 Å². The van der Waals surface area contributed by atoms with E-state index in [1.54, 1.807) is 19.1 Å². The van der Waals surface area contributed by atoms with Gasteiger partial charge in [-0.25, -0.2) is 8.42 Å². The molecule has 2 aliphatic heterocycles. The molecule has 2 aliphatic rings. The second-order valence-corrected chi connectivity index (χ2v) is 10.5. The van der Waals surface area contributed by atoms with Crippen LogP contribution in [0.15, 0.2) is 47.4 Å². The lowest BCUT2D eigenvalue weighted by molar-refractivity contribution is 0.0619. The fraction of sp³-hybridized carbons (Fsp3) is 0.435. The highest BCUT2D eigenvalue weighted by atomic mass is 32.2. The first-order chi connectivity index (χ1) is 14.7. The van der Waals surface area contributed by atoms with Crippen LogP contribution in [-0.4, -0.2) is 50.5 Å². The molecular weight excluding hydrogens is 416 g/mol. The molecular formula is C23H28N2O5S. The van der Waals surface area contributed by atoms with Gasteiger partial charge in [0.2, 0.25) is 10.0 Å². The van der Waals surface area contributed by atoms with Gasteiger partial charge in [-0.05, 0) is 44.5 Å². The summed E-state index contributed by atoms with van der Waals surface area (Å²) in [6.45, 7) is 7.08. The van der Waals surface area contributed by atoms with Crippen molar-refractivity contribution in [2.24, 2.45) is 0 Å². The molecule has 0 spiro atoms. The van der Waals surface area contributed by atoms with Crippen molar-refractivity contribution in [1.29, 1.82) is 0 Å². The average molecular weight is 445 g/mol. The van der Waals surface area contributed by atoms with E-state index in [2.05, 4.69) is 5.32 Å². The van der Waals surface area contributed by atoms with Crippen LogP contribution < -0.4 is 10.1 Å². The normalized spacial score (nSPS) is 21.1. The Kier molecular flexibility index (Phi) is 5.81. The van der Waals surface area contributed by atoms with E-state index in [0.29, 0.717) is 43.9 Å². The van der Waals surface area contributed by atoms with Crippen molar-refractivity contribution in [3.63, 3.8) is 0 Å². The Labute approximate surface area is 183 Å². The molecule has 2 aromatic rings. The first-order valence-corrected chi connectivity index (χ1v) is 11.9. The molecule has 1 amide bonds. The number of aryl methyl sites for hydroxylation is 1. The summed E-state index contributed by atoms with van der Waals surface area (Å²) in [6, 6.07) is 12.3. The number of fused-ring (bicyclic) bond motifs is 1. The summed E-state index contributed by atoms with van der Waals surface area (Å²) >= 11 is 0. The van der Waals surface area contributed by atoms with Crippen molar-refractivity contribution < 1.29 is 22.7 Å². The molecule has 0 radical (unpaired) electrons. The quantitative estimate of drug-likeness (QED) is 0.784. The molecule has 1 N–H and O–H groups in total. The summed E-state index contributed by atoms with van der Waals surface area (Å²) < 4.78 is 39.0. The molecule has 0 bridgehead atoms. The zero-order chi connectivity index (χ0) is 22.2. The summed E-state index contributed by atoms with van der Waals surface area (Å²) in [4.78, 5) is 13.3. The number of hydrogen-bond donors (Lipinski definition) is 1. The molecule has 0 saturated carbocycles. The van der Waals surface area contributed by atoms with Crippen molar-refractivity contribution in [1.82, 2.24) is 9.62 Å². The van der Waals surface area contributed by atoms with Crippen molar-refractivity contribution in [2.45, 2.75) is 43.7 Å². The van der Waals surface area contributed by atoms with Crippen LogP contribution in [0.5, 0.6) is 5.75 Å². The van der Waals surface area contributed by atoms with Gasteiger partial charge in [0.05, 0.1) is 24.2 Å². The number of sulfonamides is 1. The fourth-order valence-electron chi connectivity index (χ4n) is 4.12. The van der Waals surface area contributed by atoms with Gasteiger partial charge in [-0.3, -0.25) is 4.79 Å². The summed E-state index contributed by atoms with van der Waals surface area (Å²) in [5.41, 5.74) is 1.42. The minimum atomic E-state index is -3.70. The van der Waals surface area contributed by atoms with Gasteiger partial charge < -0.3 is 14.8 Å². The Hall–Kier alpha value is -2.42. The molecule has 31 heavy (non-hydrogen) atoms. The van der Waals surface area contributed by atoms with E-state index in [1.807, 2.05) is 38.1 Å². The molecule has 7 nitrogen and oxygen atoms in total. The van der Waals surface area contributed by atoms with Crippen molar-refractivity contribution in [3.05, 3.63) is 59.2 Å². The van der Waals surface area contributed by atoms with Crippen LogP contribution in [0.3, 0.4) is 0 Å². The zero-order valence-electron chi connectivity index (χ0n) is 18.1. The van der Waals surface area contributed by atoms with Crippen LogP contribution in [-0.2, 0) is 14.8 Å². The summed E-state index contributed by atoms with van der Waals surface area (Å²) in [5, 5.41) is 3.08. The Morgan fingerprint density at radius 2 is 1.84 bits per heavy atom. The van der Waals surface area contributed by atoms with E-state index in [9.17, 15) is 13.2 Å². The van der Waals surface area contributed by atoms with Crippen LogP contribution in [0.2, 0.25) is 0 Å². The molecule has 0 aliphatic carbocycles. The number of nitrogens with one attached hydrogen (secondary N) is 1. The maximum atomic E-state index is 13.1. The molecule has 1 unspecified atom stereocenters. The molecule has 4 rings (SSSR count). The van der Waals surface area contributed by atoms with E-state index in [0.717, 1.165) is 11.3 Å². The Bertz CT molecular complexity index is 1090. The van der Waals surface area contributed by atoms with E-state index < -0.39 is 15.6 Å². The molecule has 8 heteroatoms. The number of morpholine rings is 1. The van der Waals surface area contributed by atoms with Gasteiger partial charge in [0.25, 0.3) is 5.91 Å². The summed E-state index contributed by atoms with van der Waals surface area (Å²) in [6.07, 6.45) is 0.612. The Morgan fingerprint density at radius 3 is 2.58 bits per heavy atom. The first kappa shape index (κ1) is 21.8. The monoisotopic (exact) mass is 444 g/mol. The SMILES string of the molecule is Cc1ccc(C(=O)NC2CC(C)(C)Oc3ccccc32)cc1S(=O)(=O)N1CCOCC1. The van der Waals surface area contributed by atoms with E-state index in [1.165, 1.54) is 10.4 Å². The smallest absolute Gasteiger partial charge is 0.251 e. The van der Waals surface area contributed by atoms with Crippen molar-refractivity contribution >= 4 is 15.9 Å². The van der Waals surface area contributed by atoms with Gasteiger partial charge in [-0.2, -0.15) is 4.31 Å². The maximum absolute atomic E-state index is 13.1. The zero-order valence-corrected chi connectivity index (χ0v) is 18.9. The first-order valence-electron chi connectivity index (χ1n) is 10.4. The summed E-state index contributed by atoms with van der Waals surface area (Å²) in [5.74, 6) is 0.444. The molecule has 166 valence electrons. The fourth-order valence-corrected chi connectivity index (χ4v) is 5.78. The lowest BCUT2D eigenvalue weighted by atomic mass is 9.89. The predicted molar refractivity (Wildman–Crippen MR) is 117 cm³/mol. The lowest BCUT2D eigenvalue weighted by Gasteiger charge is -2.37. The highest BCUT2D eigenvalue weighted by molar-refractivity contribution is 7.89. The number of benzene rings is 2. The number of amides is 1. The lowest BCUT2D eigenvalue weighted by Crippen LogP contribution is -2.41. The topological polar surface area (TPSA) is 84.9 Å². The number of carbonyl (C=O) groups is 1. The highest BCUT2D eigenvalue weighted by Gasteiger charge is 2.35. The van der Waals surface area contributed by atoms with Crippen LogP contribution in [0.4, 0.5) is 0 Å². The van der Waals surface area contributed by atoms with Crippen LogP contribution in [0.25, 0.3) is 0 Å². The standard InChI is InChI=1S/C23H28N2O5S/c1-16-8-9-17(14-21(16)31(27,28)25-10-12-29-13-11-25)22(26)24-19-15-23(2,3)30-20-7-5-4-6-18(19)20/h4-9,14,19H,10-13,15H2,1-3H3,(H,24,26). The van der Waals surface area contributed by atoms with Gasteiger partial charge in [0.15, 0.2) is 0 Å². The molecule has 2 heterocycles. The minimum absolute atomic E-state index is 0.162. The maximum Gasteiger partial charge on any atom is 0.251 e. The minimum Gasteiger partial charge on any atom is -0.487 e. The highest BCUT2D eigenvalue weighted by Crippen LogP contribution is 2.39. The van der Waals surface area contributed by atoms with Crippen LogP contribution >= 0.6 is 0 Å². The molecule has 1 fully saturated rings. The van der Waals surface area contributed by atoms with E-state index >= 15 is 0 Å². The third-order valence-corrected chi connectivity index (χ3v) is 7.76. The second-order valence-electron chi connectivity index (χ2n) is 8.63. The van der Waals surface area contributed by atoms with Gasteiger partial charge in [-0.15, -0.1) is 0 Å². The number of rotatable bonds is 4. The third-order valence-electron chi connectivity index (χ3n) is 5.72.